The average Bonchev–Trinajstić information content (AvgIpc) is 3.33. The number of halogens is 2. The monoisotopic (exact) mass is 416 g/mol. The minimum absolute atomic E-state index is 0.0248. The third-order valence-corrected chi connectivity index (χ3v) is 5.01. The van der Waals surface area contributed by atoms with Gasteiger partial charge in [-0.15, -0.1) is 5.10 Å². The van der Waals surface area contributed by atoms with Gasteiger partial charge in [-0.1, -0.05) is 0 Å². The van der Waals surface area contributed by atoms with Crippen LogP contribution in [0.2, 0.25) is 0 Å². The van der Waals surface area contributed by atoms with Crippen LogP contribution in [0.15, 0.2) is 30.5 Å². The summed E-state index contributed by atoms with van der Waals surface area (Å²) >= 11 is 0. The summed E-state index contributed by atoms with van der Waals surface area (Å²) in [6.07, 6.45) is 2.85. The lowest BCUT2D eigenvalue weighted by Crippen LogP contribution is -2.25. The molecule has 9 nitrogen and oxygen atoms in total. The fourth-order valence-electron chi connectivity index (χ4n) is 3.67. The third-order valence-electron chi connectivity index (χ3n) is 5.01. The summed E-state index contributed by atoms with van der Waals surface area (Å²) in [4.78, 5) is 29.6. The van der Waals surface area contributed by atoms with E-state index in [1.165, 1.54) is 23.8 Å². The van der Waals surface area contributed by atoms with Gasteiger partial charge in [0.15, 0.2) is 11.5 Å². The Balaban J connectivity index is 1.77. The van der Waals surface area contributed by atoms with Crippen LogP contribution in [0.25, 0.3) is 5.65 Å². The highest BCUT2D eigenvalue weighted by atomic mass is 19.1. The number of nitrogens with zero attached hydrogens (tertiary/aromatic N) is 4. The van der Waals surface area contributed by atoms with Crippen molar-refractivity contribution in [3.63, 3.8) is 0 Å². The van der Waals surface area contributed by atoms with Crippen molar-refractivity contribution in [1.29, 1.82) is 0 Å². The molecular weight excluding hydrogens is 398 g/mol. The standard InChI is InChI=1S/C19H18F2N6O3/c1-22-19(30)24-16-15(18(28)29)17-23-14(6-8-27(17)25-16)26-7-2-3-13(26)11-9-10(20)4-5-12(11)21/h4-6,8-9,13H,2-3,7H2,1H3,(H,28,29)(H2,22,24,25,30). The van der Waals surface area contributed by atoms with Gasteiger partial charge in [0.1, 0.15) is 23.0 Å². The Hall–Kier alpha value is -3.76. The molecule has 1 atom stereocenters. The van der Waals surface area contributed by atoms with Crippen molar-refractivity contribution in [3.05, 3.63) is 53.2 Å². The number of carbonyl (C=O) groups is 2. The zero-order valence-corrected chi connectivity index (χ0v) is 15.9. The van der Waals surface area contributed by atoms with Crippen LogP contribution in [0.5, 0.6) is 0 Å². The molecule has 2 aromatic heterocycles. The van der Waals surface area contributed by atoms with Gasteiger partial charge in [0.2, 0.25) is 0 Å². The predicted octanol–water partition coefficient (Wildman–Crippen LogP) is 2.80. The van der Waals surface area contributed by atoms with Crippen molar-refractivity contribution in [2.24, 2.45) is 0 Å². The van der Waals surface area contributed by atoms with Crippen LogP contribution in [0, 0.1) is 11.6 Å². The van der Waals surface area contributed by atoms with E-state index in [1.807, 2.05) is 4.90 Å². The number of nitrogens with one attached hydrogen (secondary N) is 2. The Bertz CT molecular complexity index is 1150. The van der Waals surface area contributed by atoms with Gasteiger partial charge in [-0.05, 0) is 37.1 Å². The van der Waals surface area contributed by atoms with Crippen LogP contribution < -0.4 is 15.5 Å². The van der Waals surface area contributed by atoms with Crippen molar-refractivity contribution < 1.29 is 23.5 Å². The van der Waals surface area contributed by atoms with E-state index in [2.05, 4.69) is 20.7 Å². The molecule has 1 unspecified atom stereocenters. The predicted molar refractivity (Wildman–Crippen MR) is 104 cm³/mol. The molecule has 11 heteroatoms. The smallest absolute Gasteiger partial charge is 0.343 e. The van der Waals surface area contributed by atoms with Gasteiger partial charge < -0.3 is 15.3 Å². The summed E-state index contributed by atoms with van der Waals surface area (Å²) in [5.74, 6) is -2.10. The number of rotatable bonds is 4. The number of carbonyl (C=O) groups excluding carboxylic acids is 1. The molecule has 4 rings (SSSR count). The maximum absolute atomic E-state index is 14.3. The minimum Gasteiger partial charge on any atom is -0.477 e. The lowest BCUT2D eigenvalue weighted by atomic mass is 10.0. The highest BCUT2D eigenvalue weighted by molar-refractivity contribution is 6.03. The second-order valence-corrected chi connectivity index (χ2v) is 6.80. The molecule has 0 aliphatic carbocycles. The number of aromatic carboxylic acids is 1. The first-order valence-corrected chi connectivity index (χ1v) is 9.22. The van der Waals surface area contributed by atoms with E-state index < -0.39 is 29.7 Å². The molecule has 3 heterocycles. The lowest BCUT2D eigenvalue weighted by molar-refractivity contribution is 0.0700. The normalized spacial score (nSPS) is 16.1. The fourth-order valence-corrected chi connectivity index (χ4v) is 3.67. The molecular formula is C19H18F2N6O3. The molecule has 3 N–H and O–H groups in total. The second kappa shape index (κ2) is 7.58. The van der Waals surface area contributed by atoms with Gasteiger partial charge in [-0.25, -0.2) is 27.9 Å². The third kappa shape index (κ3) is 3.38. The first-order valence-electron chi connectivity index (χ1n) is 9.22. The SMILES string of the molecule is CNC(=O)Nc1nn2ccc(N3CCCC3c3cc(F)ccc3F)nc2c1C(=O)O. The Kier molecular flexibility index (Phi) is 4.94. The van der Waals surface area contributed by atoms with Crippen molar-refractivity contribution in [3.8, 4) is 0 Å². The molecule has 3 aromatic rings. The Labute approximate surface area is 169 Å². The van der Waals surface area contributed by atoms with E-state index >= 15 is 0 Å². The number of carboxylic acid groups (broad SMARTS) is 1. The number of anilines is 2. The summed E-state index contributed by atoms with van der Waals surface area (Å²) in [5.41, 5.74) is -0.0204. The van der Waals surface area contributed by atoms with E-state index in [1.54, 1.807) is 6.07 Å². The van der Waals surface area contributed by atoms with E-state index in [0.717, 1.165) is 18.6 Å². The summed E-state index contributed by atoms with van der Waals surface area (Å²) in [7, 11) is 1.39. The topological polar surface area (TPSA) is 112 Å². The summed E-state index contributed by atoms with van der Waals surface area (Å²) < 4.78 is 29.3. The number of benzene rings is 1. The molecule has 0 bridgehead atoms. The fraction of sp³-hybridized carbons (Fsp3) is 0.263. The molecule has 156 valence electrons. The maximum atomic E-state index is 14.3. The molecule has 1 aliphatic rings. The summed E-state index contributed by atoms with van der Waals surface area (Å²) in [6.45, 7) is 0.545. The van der Waals surface area contributed by atoms with E-state index in [0.29, 0.717) is 18.8 Å². The zero-order chi connectivity index (χ0) is 21.4. The van der Waals surface area contributed by atoms with Crippen LogP contribution >= 0.6 is 0 Å². The minimum atomic E-state index is -1.31. The highest BCUT2D eigenvalue weighted by Crippen LogP contribution is 2.37. The second-order valence-electron chi connectivity index (χ2n) is 6.80. The van der Waals surface area contributed by atoms with Crippen molar-refractivity contribution >= 4 is 29.3 Å². The molecule has 1 saturated heterocycles. The Morgan fingerprint density at radius 1 is 1.27 bits per heavy atom. The molecule has 1 aliphatic heterocycles. The molecule has 0 spiro atoms. The van der Waals surface area contributed by atoms with Gasteiger partial charge in [0, 0.05) is 25.4 Å². The van der Waals surface area contributed by atoms with Crippen molar-refractivity contribution in [2.75, 3.05) is 23.8 Å². The van der Waals surface area contributed by atoms with E-state index in [4.69, 9.17) is 0 Å². The van der Waals surface area contributed by atoms with Gasteiger partial charge in [0.25, 0.3) is 0 Å². The van der Waals surface area contributed by atoms with E-state index in [9.17, 15) is 23.5 Å². The Morgan fingerprint density at radius 3 is 2.80 bits per heavy atom. The van der Waals surface area contributed by atoms with Gasteiger partial charge in [0.05, 0.1) is 6.04 Å². The maximum Gasteiger partial charge on any atom is 0.343 e. The number of hydrogen-bond donors (Lipinski definition) is 3. The molecule has 0 saturated carbocycles. The quantitative estimate of drug-likeness (QED) is 0.603. The van der Waals surface area contributed by atoms with Gasteiger partial charge in [-0.2, -0.15) is 0 Å². The highest BCUT2D eigenvalue weighted by Gasteiger charge is 2.31. The Morgan fingerprint density at radius 2 is 2.07 bits per heavy atom. The van der Waals surface area contributed by atoms with Crippen LogP contribution in [0.1, 0.15) is 34.8 Å². The summed E-state index contributed by atoms with van der Waals surface area (Å²) in [5, 5.41) is 18.4. The molecule has 30 heavy (non-hydrogen) atoms. The number of amides is 2. The van der Waals surface area contributed by atoms with Gasteiger partial charge >= 0.3 is 12.0 Å². The summed E-state index contributed by atoms with van der Waals surface area (Å²) in [6, 6.07) is 3.88. The van der Waals surface area contributed by atoms with Crippen LogP contribution in [-0.2, 0) is 0 Å². The number of carboxylic acids is 1. The van der Waals surface area contributed by atoms with Crippen LogP contribution in [0.3, 0.4) is 0 Å². The molecule has 1 fully saturated rings. The largest absolute Gasteiger partial charge is 0.477 e. The zero-order valence-electron chi connectivity index (χ0n) is 15.9. The molecule has 0 radical (unpaired) electrons. The van der Waals surface area contributed by atoms with Gasteiger partial charge in [-0.3, -0.25) is 5.32 Å². The average molecular weight is 416 g/mol. The van der Waals surface area contributed by atoms with Crippen molar-refractivity contribution in [1.82, 2.24) is 19.9 Å². The first kappa shape index (κ1) is 19.6. The van der Waals surface area contributed by atoms with E-state index in [-0.39, 0.29) is 22.6 Å². The number of hydrogen-bond acceptors (Lipinski definition) is 5. The van der Waals surface area contributed by atoms with Crippen LogP contribution in [0.4, 0.5) is 25.2 Å². The van der Waals surface area contributed by atoms with Crippen LogP contribution in [-0.4, -0.2) is 45.3 Å². The van der Waals surface area contributed by atoms with Crippen molar-refractivity contribution in [2.45, 2.75) is 18.9 Å². The number of fused-ring (bicyclic) bond motifs is 1. The molecule has 1 aromatic carbocycles. The number of aromatic nitrogens is 3. The first-order chi connectivity index (χ1) is 14.4. The lowest BCUT2D eigenvalue weighted by Gasteiger charge is -2.26. The molecule has 2 amide bonds. The number of urea groups is 1.